The molecule has 0 aromatic heterocycles. The molecule has 1 aliphatic heterocycles. The van der Waals surface area contributed by atoms with Crippen LogP contribution in [-0.4, -0.2) is 58.6 Å². The molecule has 3 fully saturated rings. The number of phenolic OH excluding ortho intramolecular Hbond substituents is 2. The number of fused-ring (bicyclic) bond motifs is 1. The normalized spacial score (nSPS) is 27.4. The molecule has 3 unspecified atom stereocenters. The molecule has 180 valence electrons. The first kappa shape index (κ1) is 23.0. The van der Waals surface area contributed by atoms with Gasteiger partial charge in [0.15, 0.2) is 0 Å². The van der Waals surface area contributed by atoms with E-state index in [1.807, 2.05) is 30.1 Å². The number of amides is 1. The number of benzene rings is 2. The third-order valence-corrected chi connectivity index (χ3v) is 8.40. The molecule has 2 aromatic rings. The average Bonchev–Trinajstić information content (AvgIpc) is 3.66. The van der Waals surface area contributed by atoms with Gasteiger partial charge in [0.2, 0.25) is 5.91 Å². The van der Waals surface area contributed by atoms with Gasteiger partial charge < -0.3 is 20.0 Å². The summed E-state index contributed by atoms with van der Waals surface area (Å²) in [4.78, 5) is 17.6. The van der Waals surface area contributed by atoms with Crippen molar-refractivity contribution < 1.29 is 15.0 Å². The minimum absolute atomic E-state index is 0.00875. The second-order valence-corrected chi connectivity index (χ2v) is 10.7. The van der Waals surface area contributed by atoms with Crippen LogP contribution in [0.25, 0.3) is 6.08 Å². The minimum Gasteiger partial charge on any atom is -0.508 e. The Morgan fingerprint density at radius 3 is 2.59 bits per heavy atom. The van der Waals surface area contributed by atoms with Gasteiger partial charge in [-0.3, -0.25) is 4.79 Å². The molecule has 2 aliphatic carbocycles. The van der Waals surface area contributed by atoms with Gasteiger partial charge in [0.05, 0.1) is 0 Å². The van der Waals surface area contributed by atoms with Crippen LogP contribution in [-0.2, 0) is 10.2 Å². The Kier molecular flexibility index (Phi) is 6.39. The molecule has 5 rings (SSSR count). The van der Waals surface area contributed by atoms with Gasteiger partial charge in [-0.15, -0.1) is 0 Å². The topological polar surface area (TPSA) is 64.0 Å². The van der Waals surface area contributed by atoms with Gasteiger partial charge in [-0.1, -0.05) is 24.3 Å². The van der Waals surface area contributed by atoms with Crippen LogP contribution in [0.3, 0.4) is 0 Å². The largest absolute Gasteiger partial charge is 0.508 e. The molecular weight excluding hydrogens is 424 g/mol. The van der Waals surface area contributed by atoms with Crippen molar-refractivity contribution in [1.82, 2.24) is 9.80 Å². The van der Waals surface area contributed by atoms with E-state index in [2.05, 4.69) is 11.0 Å². The third kappa shape index (κ3) is 4.85. The van der Waals surface area contributed by atoms with Gasteiger partial charge in [-0.2, -0.15) is 0 Å². The summed E-state index contributed by atoms with van der Waals surface area (Å²) in [6.07, 6.45) is 10.2. The Morgan fingerprint density at radius 1 is 1.09 bits per heavy atom. The van der Waals surface area contributed by atoms with Crippen LogP contribution in [0, 0.1) is 11.8 Å². The molecule has 5 heteroatoms. The zero-order chi connectivity index (χ0) is 23.7. The molecule has 3 aliphatic rings. The summed E-state index contributed by atoms with van der Waals surface area (Å²) in [5.74, 6) is 1.95. The Hall–Kier alpha value is -2.79. The zero-order valence-electron chi connectivity index (χ0n) is 20.1. The molecule has 0 radical (unpaired) electrons. The molecule has 2 saturated carbocycles. The fourth-order valence-electron chi connectivity index (χ4n) is 6.26. The van der Waals surface area contributed by atoms with Crippen LogP contribution >= 0.6 is 0 Å². The first-order valence-electron chi connectivity index (χ1n) is 12.7. The van der Waals surface area contributed by atoms with Crippen LogP contribution in [0.2, 0.25) is 0 Å². The molecule has 2 N–H and O–H groups in total. The lowest BCUT2D eigenvalue weighted by atomic mass is 9.57. The number of rotatable bonds is 6. The molecule has 2 aromatic carbocycles. The van der Waals surface area contributed by atoms with Crippen molar-refractivity contribution in [3.8, 4) is 11.5 Å². The van der Waals surface area contributed by atoms with Crippen molar-refractivity contribution in [2.75, 3.05) is 26.7 Å². The summed E-state index contributed by atoms with van der Waals surface area (Å²) in [7, 11) is 1.92. The molecule has 34 heavy (non-hydrogen) atoms. The lowest BCUT2D eigenvalue weighted by Crippen LogP contribution is -2.56. The van der Waals surface area contributed by atoms with Crippen LogP contribution in [0.5, 0.6) is 11.5 Å². The standard InChI is InChI=1S/C29H36N2O3/c1-30(28(34)13-10-21-4-2-6-26(32)16-21)25-12-11-24-20-31(19-22-8-9-22)15-14-29(24,18-25)23-5-3-7-27(33)17-23/h2-7,10,13,16-17,22,24-25,32-33H,8-9,11-12,14-15,18-20H2,1H3/b13-10+. The zero-order valence-corrected chi connectivity index (χ0v) is 20.1. The van der Waals surface area contributed by atoms with Gasteiger partial charge >= 0.3 is 0 Å². The SMILES string of the molecule is CN(C(=O)/C=C/c1cccc(O)c1)C1CCC2CN(CC3CC3)CCC2(c2cccc(O)c2)C1. The van der Waals surface area contributed by atoms with E-state index in [9.17, 15) is 15.0 Å². The molecule has 1 amide bonds. The maximum absolute atomic E-state index is 13.1. The minimum atomic E-state index is -0.0102. The Balaban J connectivity index is 1.34. The molecule has 3 atom stereocenters. The predicted octanol–water partition coefficient (Wildman–Crippen LogP) is 4.79. The predicted molar refractivity (Wildman–Crippen MR) is 135 cm³/mol. The Labute approximate surface area is 202 Å². The number of aromatic hydroxyl groups is 2. The first-order chi connectivity index (χ1) is 16.4. The maximum atomic E-state index is 13.1. The van der Waals surface area contributed by atoms with E-state index in [-0.39, 0.29) is 23.1 Å². The quantitative estimate of drug-likeness (QED) is 0.609. The molecule has 5 nitrogen and oxygen atoms in total. The highest BCUT2D eigenvalue weighted by molar-refractivity contribution is 5.91. The summed E-state index contributed by atoms with van der Waals surface area (Å²) in [5.41, 5.74) is 2.03. The number of carbonyl (C=O) groups excluding carboxylic acids is 1. The van der Waals surface area contributed by atoms with Crippen LogP contribution in [0.1, 0.15) is 49.7 Å². The van der Waals surface area contributed by atoms with Crippen molar-refractivity contribution in [3.63, 3.8) is 0 Å². The summed E-state index contributed by atoms with van der Waals surface area (Å²) in [5, 5.41) is 19.9. The van der Waals surface area contributed by atoms with Crippen molar-refractivity contribution in [2.45, 2.75) is 50.0 Å². The van der Waals surface area contributed by atoms with E-state index < -0.39 is 0 Å². The highest BCUT2D eigenvalue weighted by Crippen LogP contribution is 2.50. The highest BCUT2D eigenvalue weighted by Gasteiger charge is 2.49. The molecule has 1 heterocycles. The number of phenols is 2. The number of piperidine rings is 1. The summed E-state index contributed by atoms with van der Waals surface area (Å²) in [6, 6.07) is 14.9. The van der Waals surface area contributed by atoms with Crippen LogP contribution in [0.4, 0.5) is 0 Å². The van der Waals surface area contributed by atoms with Gasteiger partial charge in [0, 0.05) is 37.7 Å². The van der Waals surface area contributed by atoms with Gasteiger partial charge in [-0.25, -0.2) is 0 Å². The maximum Gasteiger partial charge on any atom is 0.246 e. The number of carbonyl (C=O) groups is 1. The van der Waals surface area contributed by atoms with E-state index >= 15 is 0 Å². The van der Waals surface area contributed by atoms with E-state index in [1.165, 1.54) is 24.9 Å². The second-order valence-electron chi connectivity index (χ2n) is 10.7. The van der Waals surface area contributed by atoms with Crippen molar-refractivity contribution >= 4 is 12.0 Å². The molecule has 1 saturated heterocycles. The van der Waals surface area contributed by atoms with E-state index in [4.69, 9.17) is 0 Å². The molecule has 0 spiro atoms. The monoisotopic (exact) mass is 460 g/mol. The van der Waals surface area contributed by atoms with Crippen molar-refractivity contribution in [1.29, 1.82) is 0 Å². The summed E-state index contributed by atoms with van der Waals surface area (Å²) in [6.45, 7) is 3.44. The average molecular weight is 461 g/mol. The lowest BCUT2D eigenvalue weighted by Gasteiger charge is -2.54. The number of likely N-dealkylation sites (N-methyl/N-ethyl adjacent to an activating group) is 1. The summed E-state index contributed by atoms with van der Waals surface area (Å²) < 4.78 is 0. The summed E-state index contributed by atoms with van der Waals surface area (Å²) >= 11 is 0. The number of likely N-dealkylation sites (tertiary alicyclic amines) is 1. The van der Waals surface area contributed by atoms with Crippen molar-refractivity contribution in [3.05, 3.63) is 65.7 Å². The van der Waals surface area contributed by atoms with Crippen molar-refractivity contribution in [2.24, 2.45) is 11.8 Å². The lowest BCUT2D eigenvalue weighted by molar-refractivity contribution is -0.128. The first-order valence-corrected chi connectivity index (χ1v) is 12.7. The molecular formula is C29H36N2O3. The number of hydrogen-bond donors (Lipinski definition) is 2. The second kappa shape index (κ2) is 9.46. The number of hydrogen-bond acceptors (Lipinski definition) is 4. The smallest absolute Gasteiger partial charge is 0.246 e. The van der Waals surface area contributed by atoms with Crippen LogP contribution < -0.4 is 0 Å². The number of nitrogens with zero attached hydrogens (tertiary/aromatic N) is 2. The Bertz CT molecular complexity index is 1060. The van der Waals surface area contributed by atoms with E-state index in [0.717, 1.165) is 50.3 Å². The highest BCUT2D eigenvalue weighted by atomic mass is 16.3. The van der Waals surface area contributed by atoms with Gasteiger partial charge in [0.1, 0.15) is 11.5 Å². The fourth-order valence-corrected chi connectivity index (χ4v) is 6.26. The third-order valence-electron chi connectivity index (χ3n) is 8.40. The van der Waals surface area contributed by atoms with Gasteiger partial charge in [-0.05, 0) is 98.4 Å². The van der Waals surface area contributed by atoms with Crippen LogP contribution in [0.15, 0.2) is 54.6 Å². The van der Waals surface area contributed by atoms with E-state index in [0.29, 0.717) is 11.7 Å². The molecule has 0 bridgehead atoms. The van der Waals surface area contributed by atoms with E-state index in [1.54, 1.807) is 36.4 Å². The van der Waals surface area contributed by atoms with Gasteiger partial charge in [0.25, 0.3) is 0 Å². The Morgan fingerprint density at radius 2 is 1.85 bits per heavy atom. The fraction of sp³-hybridized carbons (Fsp3) is 0.483.